The van der Waals surface area contributed by atoms with E-state index in [0.717, 1.165) is 16.8 Å². The van der Waals surface area contributed by atoms with Crippen molar-refractivity contribution < 1.29 is 4.79 Å². The van der Waals surface area contributed by atoms with E-state index in [2.05, 4.69) is 5.32 Å². The molecule has 0 unspecified atom stereocenters. The SMILES string of the molecule is Cc1ccc(C(N)=S)c(N(C)CC(=O)NC(C)C)c1. The maximum atomic E-state index is 11.8. The number of nitrogens with two attached hydrogens (primary N) is 1. The van der Waals surface area contributed by atoms with Gasteiger partial charge in [0.15, 0.2) is 0 Å². The normalized spacial score (nSPS) is 10.4. The summed E-state index contributed by atoms with van der Waals surface area (Å²) in [4.78, 5) is 14.0. The molecule has 19 heavy (non-hydrogen) atoms. The summed E-state index contributed by atoms with van der Waals surface area (Å²) >= 11 is 5.05. The molecule has 0 fully saturated rings. The second-order valence-corrected chi connectivity index (χ2v) is 5.40. The Kier molecular flexibility index (Phi) is 5.30. The van der Waals surface area contributed by atoms with Crippen LogP contribution in [0.5, 0.6) is 0 Å². The quantitative estimate of drug-likeness (QED) is 0.804. The third-order valence-corrected chi connectivity index (χ3v) is 2.88. The van der Waals surface area contributed by atoms with Gasteiger partial charge in [-0.25, -0.2) is 0 Å². The molecule has 0 heterocycles. The maximum absolute atomic E-state index is 11.8. The summed E-state index contributed by atoms with van der Waals surface area (Å²) in [5.74, 6) is -0.0205. The van der Waals surface area contributed by atoms with Gasteiger partial charge in [-0.05, 0) is 38.5 Å². The fourth-order valence-corrected chi connectivity index (χ4v) is 2.01. The first-order valence-electron chi connectivity index (χ1n) is 6.22. The third kappa shape index (κ3) is 4.52. The van der Waals surface area contributed by atoms with Crippen molar-refractivity contribution in [1.29, 1.82) is 0 Å². The van der Waals surface area contributed by atoms with Crippen molar-refractivity contribution in [1.82, 2.24) is 5.32 Å². The van der Waals surface area contributed by atoms with Crippen LogP contribution in [0.15, 0.2) is 18.2 Å². The Balaban J connectivity index is 2.92. The van der Waals surface area contributed by atoms with Gasteiger partial charge in [-0.1, -0.05) is 18.3 Å². The molecule has 104 valence electrons. The summed E-state index contributed by atoms with van der Waals surface area (Å²) in [6, 6.07) is 5.97. The highest BCUT2D eigenvalue weighted by molar-refractivity contribution is 7.80. The van der Waals surface area contributed by atoms with Crippen LogP contribution >= 0.6 is 12.2 Å². The standard InChI is InChI=1S/C14H21N3OS/c1-9(2)16-13(18)8-17(4)12-7-10(3)5-6-11(12)14(15)19/h5-7,9H,8H2,1-4H3,(H2,15,19)(H,16,18). The van der Waals surface area contributed by atoms with Crippen molar-refractivity contribution in [2.75, 3.05) is 18.5 Å². The van der Waals surface area contributed by atoms with Crippen molar-refractivity contribution in [3.63, 3.8) is 0 Å². The molecule has 0 aliphatic heterocycles. The minimum absolute atomic E-state index is 0.0205. The highest BCUT2D eigenvalue weighted by atomic mass is 32.1. The number of nitrogens with zero attached hydrogens (tertiary/aromatic N) is 1. The number of thiocarbonyl (C=S) groups is 1. The number of carbonyl (C=O) groups excluding carboxylic acids is 1. The first-order chi connectivity index (χ1) is 8.81. The van der Waals surface area contributed by atoms with Gasteiger partial charge >= 0.3 is 0 Å². The summed E-state index contributed by atoms with van der Waals surface area (Å²) in [6.45, 7) is 6.14. The van der Waals surface area contributed by atoms with E-state index in [1.54, 1.807) is 0 Å². The van der Waals surface area contributed by atoms with Crippen molar-refractivity contribution in [2.45, 2.75) is 26.8 Å². The fraction of sp³-hybridized carbons (Fsp3) is 0.429. The molecule has 0 aliphatic carbocycles. The van der Waals surface area contributed by atoms with Gasteiger partial charge in [0.1, 0.15) is 4.99 Å². The second kappa shape index (κ2) is 6.52. The van der Waals surface area contributed by atoms with Crippen LogP contribution < -0.4 is 16.0 Å². The predicted molar refractivity (Wildman–Crippen MR) is 83.6 cm³/mol. The molecule has 1 aromatic carbocycles. The minimum Gasteiger partial charge on any atom is -0.389 e. The molecule has 0 spiro atoms. The summed E-state index contributed by atoms with van der Waals surface area (Å²) in [5, 5.41) is 2.86. The van der Waals surface area contributed by atoms with Crippen LogP contribution in [0, 0.1) is 6.92 Å². The molecule has 0 aliphatic rings. The van der Waals surface area contributed by atoms with Gasteiger partial charge in [0.25, 0.3) is 0 Å². The molecule has 1 aromatic rings. The fourth-order valence-electron chi connectivity index (χ4n) is 1.83. The van der Waals surface area contributed by atoms with E-state index in [-0.39, 0.29) is 18.5 Å². The molecular weight excluding hydrogens is 258 g/mol. The lowest BCUT2D eigenvalue weighted by Crippen LogP contribution is -2.39. The van der Waals surface area contributed by atoms with Crippen LogP contribution in [0.4, 0.5) is 5.69 Å². The molecule has 0 aromatic heterocycles. The lowest BCUT2D eigenvalue weighted by molar-refractivity contribution is -0.120. The largest absolute Gasteiger partial charge is 0.389 e. The van der Waals surface area contributed by atoms with Gasteiger partial charge < -0.3 is 16.0 Å². The lowest BCUT2D eigenvalue weighted by Gasteiger charge is -2.22. The average molecular weight is 279 g/mol. The van der Waals surface area contributed by atoms with Crippen molar-refractivity contribution in [2.24, 2.45) is 5.73 Å². The van der Waals surface area contributed by atoms with E-state index in [9.17, 15) is 4.79 Å². The average Bonchev–Trinajstić information content (AvgIpc) is 2.26. The molecule has 0 bridgehead atoms. The Labute approximate surface area is 120 Å². The van der Waals surface area contributed by atoms with Gasteiger partial charge in [-0.15, -0.1) is 0 Å². The number of anilines is 1. The lowest BCUT2D eigenvalue weighted by atomic mass is 10.1. The molecule has 0 saturated carbocycles. The van der Waals surface area contributed by atoms with Crippen LogP contribution in [-0.4, -0.2) is 30.5 Å². The number of hydrogen-bond acceptors (Lipinski definition) is 3. The highest BCUT2D eigenvalue weighted by Gasteiger charge is 2.13. The third-order valence-electron chi connectivity index (χ3n) is 2.66. The van der Waals surface area contributed by atoms with Gasteiger partial charge in [-0.3, -0.25) is 4.79 Å². The number of aryl methyl sites for hydroxylation is 1. The number of carbonyl (C=O) groups is 1. The number of amides is 1. The number of nitrogens with one attached hydrogen (secondary N) is 1. The Hall–Kier alpha value is -1.62. The van der Waals surface area contributed by atoms with Gasteiger partial charge in [0.2, 0.25) is 5.91 Å². The smallest absolute Gasteiger partial charge is 0.239 e. The van der Waals surface area contributed by atoms with Gasteiger partial charge in [-0.2, -0.15) is 0 Å². The zero-order valence-corrected chi connectivity index (χ0v) is 12.7. The number of benzene rings is 1. The molecule has 1 rings (SSSR count). The van der Waals surface area contributed by atoms with E-state index >= 15 is 0 Å². The molecule has 1 amide bonds. The first-order valence-corrected chi connectivity index (χ1v) is 6.63. The zero-order chi connectivity index (χ0) is 14.6. The Bertz CT molecular complexity index is 486. The Morgan fingerprint density at radius 2 is 2.11 bits per heavy atom. The van der Waals surface area contributed by atoms with Gasteiger partial charge in [0, 0.05) is 24.3 Å². The number of likely N-dealkylation sites (N-methyl/N-ethyl adjacent to an activating group) is 1. The molecule has 0 radical (unpaired) electrons. The van der Waals surface area contributed by atoms with Crippen LogP contribution in [-0.2, 0) is 4.79 Å². The summed E-state index contributed by atoms with van der Waals surface area (Å²) in [7, 11) is 1.86. The van der Waals surface area contributed by atoms with Crippen molar-refractivity contribution in [3.05, 3.63) is 29.3 Å². The first kappa shape index (κ1) is 15.4. The van der Waals surface area contributed by atoms with Crippen LogP contribution in [0.1, 0.15) is 25.0 Å². The van der Waals surface area contributed by atoms with E-state index < -0.39 is 0 Å². The molecule has 3 N–H and O–H groups in total. The maximum Gasteiger partial charge on any atom is 0.239 e. The second-order valence-electron chi connectivity index (χ2n) is 4.96. The van der Waals surface area contributed by atoms with E-state index in [1.807, 2.05) is 50.9 Å². The van der Waals surface area contributed by atoms with E-state index in [4.69, 9.17) is 18.0 Å². The molecule has 5 heteroatoms. The predicted octanol–water partition coefficient (Wildman–Crippen LogP) is 1.59. The Morgan fingerprint density at radius 3 is 2.63 bits per heavy atom. The molecule has 4 nitrogen and oxygen atoms in total. The molecular formula is C14H21N3OS. The minimum atomic E-state index is -0.0205. The topological polar surface area (TPSA) is 58.4 Å². The van der Waals surface area contributed by atoms with Crippen LogP contribution in [0.2, 0.25) is 0 Å². The molecule has 0 atom stereocenters. The number of hydrogen-bond donors (Lipinski definition) is 2. The zero-order valence-electron chi connectivity index (χ0n) is 11.9. The monoisotopic (exact) mass is 279 g/mol. The van der Waals surface area contributed by atoms with Gasteiger partial charge in [0.05, 0.1) is 6.54 Å². The van der Waals surface area contributed by atoms with Crippen molar-refractivity contribution in [3.8, 4) is 0 Å². The van der Waals surface area contributed by atoms with Crippen molar-refractivity contribution >= 4 is 28.8 Å². The Morgan fingerprint density at radius 1 is 1.47 bits per heavy atom. The number of rotatable bonds is 5. The van der Waals surface area contributed by atoms with E-state index in [0.29, 0.717) is 4.99 Å². The van der Waals surface area contributed by atoms with E-state index in [1.165, 1.54) is 0 Å². The summed E-state index contributed by atoms with van der Waals surface area (Å²) in [5.41, 5.74) is 8.49. The van der Waals surface area contributed by atoms with Crippen LogP contribution in [0.25, 0.3) is 0 Å². The van der Waals surface area contributed by atoms with Crippen LogP contribution in [0.3, 0.4) is 0 Å². The summed E-state index contributed by atoms with van der Waals surface area (Å²) < 4.78 is 0. The highest BCUT2D eigenvalue weighted by Crippen LogP contribution is 2.21. The summed E-state index contributed by atoms with van der Waals surface area (Å²) in [6.07, 6.45) is 0. The molecule has 0 saturated heterocycles.